The summed E-state index contributed by atoms with van der Waals surface area (Å²) in [7, 11) is 1.31. The topological polar surface area (TPSA) is 70.4 Å². The van der Waals surface area contributed by atoms with E-state index in [1.807, 2.05) is 19.2 Å². The van der Waals surface area contributed by atoms with Gasteiger partial charge in [-0.3, -0.25) is 4.68 Å². The molecule has 2 aromatic rings. The summed E-state index contributed by atoms with van der Waals surface area (Å²) in [6.45, 7) is 2.52. The number of methoxy groups -OCH3 is 1. The van der Waals surface area contributed by atoms with Gasteiger partial charge in [-0.1, -0.05) is 0 Å². The van der Waals surface area contributed by atoms with Crippen molar-refractivity contribution in [2.45, 2.75) is 26.0 Å². The van der Waals surface area contributed by atoms with Gasteiger partial charge in [0.25, 0.3) is 0 Å². The van der Waals surface area contributed by atoms with Crippen LogP contribution in [0.15, 0.2) is 42.7 Å². The van der Waals surface area contributed by atoms with E-state index in [2.05, 4.69) is 9.84 Å². The minimum atomic E-state index is -0.437. The molecular formula is C16H18N2O4. The van der Waals surface area contributed by atoms with E-state index < -0.39 is 11.9 Å². The number of ether oxygens (including phenoxy) is 2. The third-order valence-corrected chi connectivity index (χ3v) is 3.17. The van der Waals surface area contributed by atoms with Crippen LogP contribution in [0.4, 0.5) is 0 Å². The predicted octanol–water partition coefficient (Wildman–Crippen LogP) is 2.31. The minimum Gasteiger partial charge on any atom is -0.465 e. The fraction of sp³-hybridized carbons (Fsp3) is 0.312. The average Bonchev–Trinajstić information content (AvgIpc) is 3.05. The van der Waals surface area contributed by atoms with Crippen molar-refractivity contribution in [1.29, 1.82) is 0 Å². The molecule has 1 heterocycles. The molecule has 0 fully saturated rings. The van der Waals surface area contributed by atoms with Gasteiger partial charge in [-0.15, -0.1) is 0 Å². The number of nitrogens with zero attached hydrogens (tertiary/aromatic N) is 2. The molecule has 116 valence electrons. The van der Waals surface area contributed by atoms with Crippen molar-refractivity contribution in [3.63, 3.8) is 0 Å². The monoisotopic (exact) mass is 302 g/mol. The van der Waals surface area contributed by atoms with Gasteiger partial charge in [0.15, 0.2) is 0 Å². The first-order valence-corrected chi connectivity index (χ1v) is 6.97. The maximum Gasteiger partial charge on any atom is 0.338 e. The maximum absolute atomic E-state index is 12.0. The second-order valence-corrected chi connectivity index (χ2v) is 4.84. The van der Waals surface area contributed by atoms with Crippen molar-refractivity contribution in [1.82, 2.24) is 9.78 Å². The SMILES string of the molecule is COC(=O)c1ccc(C(=O)O[C@H](C)CCn2cccn2)cc1. The Balaban J connectivity index is 1.87. The van der Waals surface area contributed by atoms with Crippen LogP contribution in [0.1, 0.15) is 34.1 Å². The summed E-state index contributed by atoms with van der Waals surface area (Å²) < 4.78 is 11.8. The largest absolute Gasteiger partial charge is 0.465 e. The smallest absolute Gasteiger partial charge is 0.338 e. The number of aromatic nitrogens is 2. The summed E-state index contributed by atoms with van der Waals surface area (Å²) >= 11 is 0. The van der Waals surface area contributed by atoms with E-state index in [1.165, 1.54) is 19.2 Å². The third-order valence-electron chi connectivity index (χ3n) is 3.17. The number of carbonyl (C=O) groups is 2. The fourth-order valence-electron chi connectivity index (χ4n) is 1.92. The van der Waals surface area contributed by atoms with E-state index >= 15 is 0 Å². The maximum atomic E-state index is 12.0. The molecule has 1 atom stereocenters. The standard InChI is InChI=1S/C16H18N2O4/c1-12(8-11-18-10-3-9-17-18)22-16(20)14-6-4-13(5-7-14)15(19)21-2/h3-7,9-10,12H,8,11H2,1-2H3/t12-/m1/s1. The zero-order valence-corrected chi connectivity index (χ0v) is 12.6. The quantitative estimate of drug-likeness (QED) is 0.766. The van der Waals surface area contributed by atoms with Crippen LogP contribution in [0, 0.1) is 0 Å². The van der Waals surface area contributed by atoms with Gasteiger partial charge in [0.2, 0.25) is 0 Å². The van der Waals surface area contributed by atoms with E-state index in [0.29, 0.717) is 24.1 Å². The lowest BCUT2D eigenvalue weighted by atomic mass is 10.1. The molecule has 0 bridgehead atoms. The molecule has 0 aliphatic carbocycles. The molecule has 0 aliphatic rings. The normalized spacial score (nSPS) is 11.7. The van der Waals surface area contributed by atoms with Crippen molar-refractivity contribution >= 4 is 11.9 Å². The molecule has 1 aromatic carbocycles. The molecule has 0 radical (unpaired) electrons. The number of benzene rings is 1. The van der Waals surface area contributed by atoms with Gasteiger partial charge in [-0.25, -0.2) is 9.59 Å². The van der Waals surface area contributed by atoms with Gasteiger partial charge in [0.05, 0.1) is 18.2 Å². The van der Waals surface area contributed by atoms with Crippen LogP contribution in [0.2, 0.25) is 0 Å². The van der Waals surface area contributed by atoms with E-state index in [4.69, 9.17) is 4.74 Å². The Morgan fingerprint density at radius 3 is 2.36 bits per heavy atom. The summed E-state index contributed by atoms with van der Waals surface area (Å²) in [4.78, 5) is 23.3. The van der Waals surface area contributed by atoms with Crippen LogP contribution in [0.25, 0.3) is 0 Å². The molecule has 0 saturated heterocycles. The van der Waals surface area contributed by atoms with Crippen molar-refractivity contribution in [2.75, 3.05) is 7.11 Å². The van der Waals surface area contributed by atoms with Crippen LogP contribution >= 0.6 is 0 Å². The van der Waals surface area contributed by atoms with Crippen molar-refractivity contribution in [2.24, 2.45) is 0 Å². The molecule has 22 heavy (non-hydrogen) atoms. The predicted molar refractivity (Wildman–Crippen MR) is 79.5 cm³/mol. The highest BCUT2D eigenvalue weighted by atomic mass is 16.5. The number of carbonyl (C=O) groups excluding carboxylic acids is 2. The first kappa shape index (κ1) is 15.8. The summed E-state index contributed by atoms with van der Waals surface area (Å²) in [5, 5.41) is 4.09. The fourth-order valence-corrected chi connectivity index (χ4v) is 1.92. The third kappa shape index (κ3) is 4.18. The zero-order valence-electron chi connectivity index (χ0n) is 12.6. The van der Waals surface area contributed by atoms with Crippen LogP contribution < -0.4 is 0 Å². The zero-order chi connectivity index (χ0) is 15.9. The second-order valence-electron chi connectivity index (χ2n) is 4.84. The lowest BCUT2D eigenvalue weighted by molar-refractivity contribution is 0.0313. The molecule has 0 amide bonds. The van der Waals surface area contributed by atoms with Gasteiger partial charge in [-0.2, -0.15) is 5.10 Å². The summed E-state index contributed by atoms with van der Waals surface area (Å²) in [6, 6.07) is 8.02. The molecule has 6 nitrogen and oxygen atoms in total. The van der Waals surface area contributed by atoms with E-state index in [0.717, 1.165) is 0 Å². The lowest BCUT2D eigenvalue weighted by Gasteiger charge is -2.13. The Morgan fingerprint density at radius 1 is 1.18 bits per heavy atom. The molecule has 1 aromatic heterocycles. The Morgan fingerprint density at radius 2 is 1.82 bits per heavy atom. The lowest BCUT2D eigenvalue weighted by Crippen LogP contribution is -2.17. The van der Waals surface area contributed by atoms with Crippen LogP contribution in [0.5, 0.6) is 0 Å². The van der Waals surface area contributed by atoms with Crippen molar-refractivity contribution in [3.8, 4) is 0 Å². The van der Waals surface area contributed by atoms with Crippen LogP contribution in [-0.4, -0.2) is 34.9 Å². The first-order valence-electron chi connectivity index (χ1n) is 6.97. The van der Waals surface area contributed by atoms with Gasteiger partial charge in [-0.05, 0) is 37.3 Å². The highest BCUT2D eigenvalue weighted by Crippen LogP contribution is 2.10. The van der Waals surface area contributed by atoms with Crippen molar-refractivity contribution in [3.05, 3.63) is 53.9 Å². The Hall–Kier alpha value is -2.63. The molecule has 2 rings (SSSR count). The Kier molecular flexibility index (Phi) is 5.30. The number of aryl methyl sites for hydroxylation is 1. The molecule has 0 N–H and O–H groups in total. The first-order chi connectivity index (χ1) is 10.6. The van der Waals surface area contributed by atoms with E-state index in [1.54, 1.807) is 23.0 Å². The molecular weight excluding hydrogens is 284 g/mol. The highest BCUT2D eigenvalue weighted by molar-refractivity contribution is 5.93. The molecule has 0 unspecified atom stereocenters. The number of esters is 2. The minimum absolute atomic E-state index is 0.225. The van der Waals surface area contributed by atoms with Gasteiger partial charge in [0, 0.05) is 25.4 Å². The van der Waals surface area contributed by atoms with Gasteiger partial charge >= 0.3 is 11.9 Å². The van der Waals surface area contributed by atoms with Crippen LogP contribution in [0.3, 0.4) is 0 Å². The van der Waals surface area contributed by atoms with Gasteiger partial charge < -0.3 is 9.47 Å². The average molecular weight is 302 g/mol. The summed E-state index contributed by atoms with van der Waals surface area (Å²) in [6.07, 6.45) is 4.02. The second kappa shape index (κ2) is 7.40. The molecule has 0 saturated carbocycles. The number of hydrogen-bond acceptors (Lipinski definition) is 5. The Labute approximate surface area is 128 Å². The highest BCUT2D eigenvalue weighted by Gasteiger charge is 2.13. The summed E-state index contributed by atoms with van der Waals surface area (Å²) in [5.74, 6) is -0.850. The van der Waals surface area contributed by atoms with Crippen molar-refractivity contribution < 1.29 is 19.1 Å². The van der Waals surface area contributed by atoms with E-state index in [9.17, 15) is 9.59 Å². The van der Waals surface area contributed by atoms with E-state index in [-0.39, 0.29) is 6.10 Å². The van der Waals surface area contributed by atoms with Crippen LogP contribution in [-0.2, 0) is 16.0 Å². The number of hydrogen-bond donors (Lipinski definition) is 0. The summed E-state index contributed by atoms with van der Waals surface area (Å²) in [5.41, 5.74) is 0.796. The molecule has 6 heteroatoms. The Bertz CT molecular complexity index is 620. The van der Waals surface area contributed by atoms with Gasteiger partial charge in [0.1, 0.15) is 6.10 Å². The number of rotatable bonds is 6. The molecule has 0 aliphatic heterocycles. The molecule has 0 spiro atoms.